The van der Waals surface area contributed by atoms with E-state index in [2.05, 4.69) is 0 Å². The first-order valence-corrected chi connectivity index (χ1v) is 9.61. The monoisotopic (exact) mass is 359 g/mol. The van der Waals surface area contributed by atoms with Gasteiger partial charge in [0.2, 0.25) is 5.91 Å². The Balaban J connectivity index is 1.72. The molecule has 2 heterocycles. The minimum Gasteiger partial charge on any atom is -0.491 e. The maximum atomic E-state index is 13.1. The highest BCUT2D eigenvalue weighted by Gasteiger charge is 2.33. The summed E-state index contributed by atoms with van der Waals surface area (Å²) in [6, 6.07) is 5.62. The van der Waals surface area contributed by atoms with E-state index in [1.54, 1.807) is 0 Å². The molecule has 2 aliphatic rings. The lowest BCUT2D eigenvalue weighted by atomic mass is 9.95. The van der Waals surface area contributed by atoms with Gasteiger partial charge in [0.05, 0.1) is 11.5 Å². The molecule has 6 heteroatoms. The van der Waals surface area contributed by atoms with Gasteiger partial charge in [-0.25, -0.2) is 0 Å². The maximum absolute atomic E-state index is 13.1. The number of piperidine rings is 1. The van der Waals surface area contributed by atoms with E-state index in [1.165, 1.54) is 0 Å². The molecule has 2 amide bonds. The summed E-state index contributed by atoms with van der Waals surface area (Å²) in [5, 5.41) is 0. The third-order valence-electron chi connectivity index (χ3n) is 5.22. The van der Waals surface area contributed by atoms with E-state index in [0.29, 0.717) is 37.6 Å². The number of likely N-dealkylation sites (tertiary alicyclic amines) is 2. The predicted molar refractivity (Wildman–Crippen MR) is 100 cm³/mol. The van der Waals surface area contributed by atoms with Crippen molar-refractivity contribution in [3.8, 4) is 5.75 Å². The summed E-state index contributed by atoms with van der Waals surface area (Å²) in [6.07, 6.45) is 3.91. The van der Waals surface area contributed by atoms with Crippen LogP contribution in [0.5, 0.6) is 5.75 Å². The Morgan fingerprint density at radius 3 is 2.62 bits per heavy atom. The zero-order chi connectivity index (χ0) is 18.5. The van der Waals surface area contributed by atoms with Crippen LogP contribution in [0.15, 0.2) is 18.2 Å². The number of benzene rings is 1. The second-order valence-electron chi connectivity index (χ2n) is 7.26. The van der Waals surface area contributed by atoms with Crippen molar-refractivity contribution in [2.75, 3.05) is 39.3 Å². The number of nitrogens with two attached hydrogens (primary N) is 1. The molecule has 0 unspecified atom stereocenters. The standard InChI is InChI=1S/C20H29N3O3/c1-15-6-7-18(26-12-8-21)17(13-15)20(25)23-11-4-5-16(14-23)19(24)22-9-2-3-10-22/h6-7,13,16H,2-5,8-12,14,21H2,1H3/t16-/m1/s1. The number of ether oxygens (including phenoxy) is 1. The summed E-state index contributed by atoms with van der Waals surface area (Å²) >= 11 is 0. The second-order valence-corrected chi connectivity index (χ2v) is 7.26. The zero-order valence-electron chi connectivity index (χ0n) is 15.6. The smallest absolute Gasteiger partial charge is 0.257 e. The van der Waals surface area contributed by atoms with Gasteiger partial charge >= 0.3 is 0 Å². The number of nitrogens with zero attached hydrogens (tertiary/aromatic N) is 2. The van der Waals surface area contributed by atoms with Gasteiger partial charge in [-0.1, -0.05) is 11.6 Å². The molecular weight excluding hydrogens is 330 g/mol. The van der Waals surface area contributed by atoms with Crippen LogP contribution in [-0.4, -0.2) is 60.9 Å². The molecule has 0 saturated carbocycles. The number of rotatable bonds is 5. The van der Waals surface area contributed by atoms with E-state index in [0.717, 1.165) is 44.3 Å². The van der Waals surface area contributed by atoms with Crippen molar-refractivity contribution in [3.63, 3.8) is 0 Å². The molecule has 2 N–H and O–H groups in total. The van der Waals surface area contributed by atoms with E-state index < -0.39 is 0 Å². The molecule has 1 aromatic rings. The first-order valence-electron chi connectivity index (χ1n) is 9.61. The highest BCUT2D eigenvalue weighted by molar-refractivity contribution is 5.97. The van der Waals surface area contributed by atoms with Crippen LogP contribution in [0, 0.1) is 12.8 Å². The van der Waals surface area contributed by atoms with Crippen molar-refractivity contribution in [3.05, 3.63) is 29.3 Å². The van der Waals surface area contributed by atoms with Gasteiger partial charge in [-0.15, -0.1) is 0 Å². The fourth-order valence-corrected chi connectivity index (χ4v) is 3.83. The average Bonchev–Trinajstić information content (AvgIpc) is 3.20. The predicted octanol–water partition coefficient (Wildman–Crippen LogP) is 1.81. The maximum Gasteiger partial charge on any atom is 0.257 e. The Hall–Kier alpha value is -2.08. The van der Waals surface area contributed by atoms with Crippen molar-refractivity contribution in [2.45, 2.75) is 32.6 Å². The molecule has 2 aliphatic heterocycles. The van der Waals surface area contributed by atoms with Gasteiger partial charge in [-0.05, 0) is 44.7 Å². The first kappa shape index (κ1) is 18.7. The number of amides is 2. The third kappa shape index (κ3) is 4.18. The van der Waals surface area contributed by atoms with Gasteiger partial charge in [0.25, 0.3) is 5.91 Å². The van der Waals surface area contributed by atoms with Gasteiger partial charge in [0, 0.05) is 32.7 Å². The third-order valence-corrected chi connectivity index (χ3v) is 5.22. The highest BCUT2D eigenvalue weighted by Crippen LogP contribution is 2.26. The number of aryl methyl sites for hydroxylation is 1. The van der Waals surface area contributed by atoms with Crippen LogP contribution < -0.4 is 10.5 Å². The molecule has 1 aromatic carbocycles. The van der Waals surface area contributed by atoms with E-state index in [-0.39, 0.29) is 17.7 Å². The van der Waals surface area contributed by atoms with Gasteiger partial charge in [0.15, 0.2) is 0 Å². The van der Waals surface area contributed by atoms with Gasteiger partial charge < -0.3 is 20.3 Å². The van der Waals surface area contributed by atoms with Crippen LogP contribution >= 0.6 is 0 Å². The quantitative estimate of drug-likeness (QED) is 0.870. The minimum atomic E-state index is -0.0796. The van der Waals surface area contributed by atoms with Crippen molar-refractivity contribution in [1.82, 2.24) is 9.80 Å². The summed E-state index contributed by atoms with van der Waals surface area (Å²) in [5.41, 5.74) is 7.10. The molecule has 0 spiro atoms. The Morgan fingerprint density at radius 2 is 1.88 bits per heavy atom. The van der Waals surface area contributed by atoms with Gasteiger partial charge in [0.1, 0.15) is 12.4 Å². The highest BCUT2D eigenvalue weighted by atomic mass is 16.5. The Labute approximate surface area is 155 Å². The number of hydrogen-bond donors (Lipinski definition) is 1. The SMILES string of the molecule is Cc1ccc(OCCN)c(C(=O)N2CCC[C@@H](C(=O)N3CCCC3)C2)c1. The van der Waals surface area contributed by atoms with Crippen LogP contribution in [0.4, 0.5) is 0 Å². The van der Waals surface area contributed by atoms with Gasteiger partial charge in [-0.2, -0.15) is 0 Å². The Morgan fingerprint density at radius 1 is 1.15 bits per heavy atom. The zero-order valence-corrected chi connectivity index (χ0v) is 15.6. The second kappa shape index (κ2) is 8.54. The van der Waals surface area contributed by atoms with Crippen molar-refractivity contribution < 1.29 is 14.3 Å². The van der Waals surface area contributed by atoms with Crippen LogP contribution in [0.3, 0.4) is 0 Å². The van der Waals surface area contributed by atoms with Crippen molar-refractivity contribution >= 4 is 11.8 Å². The van der Waals surface area contributed by atoms with Crippen LogP contribution in [0.2, 0.25) is 0 Å². The Kier molecular flexibility index (Phi) is 6.14. The first-order chi connectivity index (χ1) is 12.6. The number of hydrogen-bond acceptors (Lipinski definition) is 4. The Bertz CT molecular complexity index is 656. The topological polar surface area (TPSA) is 75.9 Å². The summed E-state index contributed by atoms with van der Waals surface area (Å²) in [6.45, 7) is 5.64. The molecular formula is C20H29N3O3. The molecule has 26 heavy (non-hydrogen) atoms. The molecule has 0 radical (unpaired) electrons. The molecule has 0 aromatic heterocycles. The summed E-state index contributed by atoms with van der Waals surface area (Å²) in [5.74, 6) is 0.645. The molecule has 6 nitrogen and oxygen atoms in total. The fraction of sp³-hybridized carbons (Fsp3) is 0.600. The molecule has 1 atom stereocenters. The minimum absolute atomic E-state index is 0.0559. The summed E-state index contributed by atoms with van der Waals surface area (Å²) in [7, 11) is 0. The molecule has 0 aliphatic carbocycles. The normalized spacial score (nSPS) is 20.3. The average molecular weight is 359 g/mol. The number of carbonyl (C=O) groups is 2. The lowest BCUT2D eigenvalue weighted by Crippen LogP contribution is -2.46. The molecule has 3 rings (SSSR count). The van der Waals surface area contributed by atoms with Crippen molar-refractivity contribution in [2.24, 2.45) is 11.7 Å². The molecule has 2 saturated heterocycles. The lowest BCUT2D eigenvalue weighted by molar-refractivity contribution is -0.135. The molecule has 2 fully saturated rings. The van der Waals surface area contributed by atoms with Crippen LogP contribution in [0.1, 0.15) is 41.6 Å². The van der Waals surface area contributed by atoms with E-state index in [1.807, 2.05) is 34.9 Å². The molecule has 142 valence electrons. The molecule has 0 bridgehead atoms. The van der Waals surface area contributed by atoms with Crippen molar-refractivity contribution in [1.29, 1.82) is 0 Å². The van der Waals surface area contributed by atoms with E-state index >= 15 is 0 Å². The van der Waals surface area contributed by atoms with E-state index in [4.69, 9.17) is 10.5 Å². The largest absolute Gasteiger partial charge is 0.491 e. The van der Waals surface area contributed by atoms with Crippen LogP contribution in [-0.2, 0) is 4.79 Å². The van der Waals surface area contributed by atoms with E-state index in [9.17, 15) is 9.59 Å². The number of carbonyl (C=O) groups excluding carboxylic acids is 2. The van der Waals surface area contributed by atoms with Gasteiger partial charge in [-0.3, -0.25) is 9.59 Å². The van der Waals surface area contributed by atoms with Crippen LogP contribution in [0.25, 0.3) is 0 Å². The lowest BCUT2D eigenvalue weighted by Gasteiger charge is -2.34. The fourth-order valence-electron chi connectivity index (χ4n) is 3.83. The summed E-state index contributed by atoms with van der Waals surface area (Å²) in [4.78, 5) is 29.6. The summed E-state index contributed by atoms with van der Waals surface area (Å²) < 4.78 is 5.66.